The lowest BCUT2D eigenvalue weighted by Crippen LogP contribution is -2.38. The summed E-state index contributed by atoms with van der Waals surface area (Å²) >= 11 is 1.65. The number of benzene rings is 1. The summed E-state index contributed by atoms with van der Waals surface area (Å²) in [6.45, 7) is 6.11. The topological polar surface area (TPSA) is 83.4 Å². The summed E-state index contributed by atoms with van der Waals surface area (Å²) in [6.07, 6.45) is 3.86. The van der Waals surface area contributed by atoms with Crippen molar-refractivity contribution in [1.29, 1.82) is 0 Å². The molecule has 0 bridgehead atoms. The average molecular weight is 508 g/mol. The third-order valence-corrected chi connectivity index (χ3v) is 5.49. The minimum atomic E-state index is -3.14. The Kier molecular flexibility index (Phi) is 9.51. The van der Waals surface area contributed by atoms with Gasteiger partial charge in [-0.25, -0.2) is 18.4 Å². The monoisotopic (exact) mass is 508 g/mol. The number of guanidine groups is 1. The van der Waals surface area contributed by atoms with E-state index < -0.39 is 9.84 Å². The van der Waals surface area contributed by atoms with E-state index >= 15 is 0 Å². The van der Waals surface area contributed by atoms with Crippen molar-refractivity contribution in [3.05, 3.63) is 45.9 Å². The second-order valence-electron chi connectivity index (χ2n) is 5.63. The predicted molar refractivity (Wildman–Crippen MR) is 118 cm³/mol. The van der Waals surface area contributed by atoms with Crippen LogP contribution in [0.15, 0.2) is 40.4 Å². The number of sulfone groups is 1. The number of hydrogen-bond acceptors (Lipinski definition) is 5. The molecule has 1 heterocycles. The third kappa shape index (κ3) is 7.58. The summed E-state index contributed by atoms with van der Waals surface area (Å²) < 4.78 is 22.9. The van der Waals surface area contributed by atoms with Crippen LogP contribution in [0.5, 0.6) is 0 Å². The average Bonchev–Trinajstić information content (AvgIpc) is 2.98. The number of thiazole rings is 1. The van der Waals surface area contributed by atoms with Crippen molar-refractivity contribution in [2.75, 3.05) is 19.3 Å². The zero-order valence-electron chi connectivity index (χ0n) is 15.2. The summed E-state index contributed by atoms with van der Waals surface area (Å²) in [6, 6.07) is 7.00. The zero-order chi connectivity index (χ0) is 18.3. The number of nitrogens with one attached hydrogen (secondary N) is 2. The summed E-state index contributed by atoms with van der Waals surface area (Å²) in [4.78, 5) is 10.3. The number of nitrogens with zero attached hydrogens (tertiary/aromatic N) is 2. The number of aryl methyl sites for hydroxylation is 1. The Balaban J connectivity index is 0.00000338. The fourth-order valence-corrected chi connectivity index (χ4v) is 3.56. The number of halogens is 1. The molecule has 1 aromatic heterocycles. The van der Waals surface area contributed by atoms with Gasteiger partial charge < -0.3 is 10.6 Å². The van der Waals surface area contributed by atoms with Crippen LogP contribution in [-0.4, -0.2) is 38.7 Å². The van der Waals surface area contributed by atoms with Crippen LogP contribution >= 0.6 is 35.3 Å². The van der Waals surface area contributed by atoms with Crippen LogP contribution in [0.25, 0.3) is 0 Å². The number of aliphatic imine (C=N–C) groups is 1. The Morgan fingerprint density at radius 2 is 1.92 bits per heavy atom. The normalized spacial score (nSPS) is 11.7. The van der Waals surface area contributed by atoms with Gasteiger partial charge in [0.1, 0.15) is 0 Å². The SMILES string of the molecule is CCNC(=NCc1cnc(C)s1)NCCc1ccc(S(C)(=O)=O)cc1.I. The van der Waals surface area contributed by atoms with Gasteiger partial charge in [-0.2, -0.15) is 0 Å². The van der Waals surface area contributed by atoms with Gasteiger partial charge in [0.25, 0.3) is 0 Å². The van der Waals surface area contributed by atoms with Crippen molar-refractivity contribution >= 4 is 51.1 Å². The van der Waals surface area contributed by atoms with E-state index in [0.717, 1.165) is 34.4 Å². The van der Waals surface area contributed by atoms with Crippen molar-refractivity contribution in [2.45, 2.75) is 31.7 Å². The van der Waals surface area contributed by atoms with E-state index in [2.05, 4.69) is 20.6 Å². The maximum Gasteiger partial charge on any atom is 0.191 e. The van der Waals surface area contributed by atoms with E-state index in [1.54, 1.807) is 23.5 Å². The van der Waals surface area contributed by atoms with Crippen LogP contribution in [0.4, 0.5) is 0 Å². The molecule has 26 heavy (non-hydrogen) atoms. The molecule has 0 saturated heterocycles. The van der Waals surface area contributed by atoms with Gasteiger partial charge in [-0.15, -0.1) is 35.3 Å². The first-order valence-corrected chi connectivity index (χ1v) is 10.8. The highest BCUT2D eigenvalue weighted by molar-refractivity contribution is 14.0. The number of hydrogen-bond donors (Lipinski definition) is 2. The van der Waals surface area contributed by atoms with Crippen LogP contribution < -0.4 is 10.6 Å². The summed E-state index contributed by atoms with van der Waals surface area (Å²) in [5.41, 5.74) is 1.08. The molecule has 2 N–H and O–H groups in total. The van der Waals surface area contributed by atoms with E-state index in [1.807, 2.05) is 32.2 Å². The second-order valence-corrected chi connectivity index (χ2v) is 8.97. The van der Waals surface area contributed by atoms with Gasteiger partial charge >= 0.3 is 0 Å². The first kappa shape index (κ1) is 22.8. The summed E-state index contributed by atoms with van der Waals surface area (Å²) in [5, 5.41) is 7.56. The standard InChI is InChI=1S/C17H24N4O2S2.HI/c1-4-18-17(21-12-15-11-20-13(2)24-15)19-10-9-14-5-7-16(8-6-14)25(3,22)23;/h5-8,11H,4,9-10,12H2,1-3H3,(H2,18,19,21);1H. The molecule has 6 nitrogen and oxygen atoms in total. The molecular formula is C17H25IN4O2S2. The van der Waals surface area contributed by atoms with E-state index in [0.29, 0.717) is 18.0 Å². The predicted octanol–water partition coefficient (Wildman–Crippen LogP) is 2.77. The molecule has 0 saturated carbocycles. The van der Waals surface area contributed by atoms with E-state index in [-0.39, 0.29) is 24.0 Å². The molecule has 0 aliphatic heterocycles. The van der Waals surface area contributed by atoms with Gasteiger partial charge in [-0.05, 0) is 38.0 Å². The summed E-state index contributed by atoms with van der Waals surface area (Å²) in [5.74, 6) is 0.765. The molecular weight excluding hydrogens is 483 g/mol. The molecule has 0 spiro atoms. The highest BCUT2D eigenvalue weighted by Crippen LogP contribution is 2.12. The highest BCUT2D eigenvalue weighted by Gasteiger charge is 2.06. The first-order chi connectivity index (χ1) is 11.9. The minimum Gasteiger partial charge on any atom is -0.357 e. The lowest BCUT2D eigenvalue weighted by Gasteiger charge is -2.11. The van der Waals surface area contributed by atoms with Gasteiger partial charge in [0.2, 0.25) is 0 Å². The van der Waals surface area contributed by atoms with Crippen LogP contribution in [0.1, 0.15) is 22.4 Å². The molecule has 0 unspecified atom stereocenters. The highest BCUT2D eigenvalue weighted by atomic mass is 127. The maximum absolute atomic E-state index is 11.5. The van der Waals surface area contributed by atoms with Crippen molar-refractivity contribution in [2.24, 2.45) is 4.99 Å². The molecule has 2 rings (SSSR count). The van der Waals surface area contributed by atoms with Gasteiger partial charge in [0, 0.05) is 30.4 Å². The number of aromatic nitrogens is 1. The van der Waals surface area contributed by atoms with Crippen molar-refractivity contribution in [3.8, 4) is 0 Å². The largest absolute Gasteiger partial charge is 0.357 e. The van der Waals surface area contributed by atoms with E-state index in [4.69, 9.17) is 0 Å². The maximum atomic E-state index is 11.5. The van der Waals surface area contributed by atoms with Gasteiger partial charge in [0.15, 0.2) is 15.8 Å². The van der Waals surface area contributed by atoms with Crippen LogP contribution in [0.2, 0.25) is 0 Å². The van der Waals surface area contributed by atoms with Crippen LogP contribution in [0.3, 0.4) is 0 Å². The Morgan fingerprint density at radius 3 is 2.46 bits per heavy atom. The fraction of sp³-hybridized carbons (Fsp3) is 0.412. The first-order valence-electron chi connectivity index (χ1n) is 8.11. The molecule has 0 aliphatic rings. The Morgan fingerprint density at radius 1 is 1.23 bits per heavy atom. The van der Waals surface area contributed by atoms with Crippen molar-refractivity contribution in [3.63, 3.8) is 0 Å². The lowest BCUT2D eigenvalue weighted by molar-refractivity contribution is 0.602. The van der Waals surface area contributed by atoms with Crippen molar-refractivity contribution < 1.29 is 8.42 Å². The number of rotatable bonds is 7. The Bertz CT molecular complexity index is 818. The molecule has 0 fully saturated rings. The van der Waals surface area contributed by atoms with Crippen LogP contribution in [0, 0.1) is 6.92 Å². The van der Waals surface area contributed by atoms with Crippen molar-refractivity contribution in [1.82, 2.24) is 15.6 Å². The molecule has 0 amide bonds. The van der Waals surface area contributed by atoms with Gasteiger partial charge in [-0.1, -0.05) is 12.1 Å². The quantitative estimate of drug-likeness (QED) is 0.342. The zero-order valence-corrected chi connectivity index (χ0v) is 19.1. The third-order valence-electron chi connectivity index (χ3n) is 3.46. The minimum absolute atomic E-state index is 0. The lowest BCUT2D eigenvalue weighted by atomic mass is 10.1. The Labute approximate surface area is 176 Å². The molecule has 1 aromatic carbocycles. The Hall–Kier alpha value is -1.20. The molecule has 0 aliphatic carbocycles. The molecule has 0 radical (unpaired) electrons. The molecule has 0 atom stereocenters. The van der Waals surface area contributed by atoms with Crippen LogP contribution in [-0.2, 0) is 22.8 Å². The fourth-order valence-electron chi connectivity index (χ4n) is 2.21. The molecule has 9 heteroatoms. The molecule has 2 aromatic rings. The van der Waals surface area contributed by atoms with E-state index in [9.17, 15) is 8.42 Å². The van der Waals surface area contributed by atoms with E-state index in [1.165, 1.54) is 6.26 Å². The summed E-state index contributed by atoms with van der Waals surface area (Å²) in [7, 11) is -3.14. The smallest absolute Gasteiger partial charge is 0.191 e. The van der Waals surface area contributed by atoms with Gasteiger partial charge in [-0.3, -0.25) is 0 Å². The van der Waals surface area contributed by atoms with Gasteiger partial charge in [0.05, 0.1) is 16.4 Å². The molecule has 144 valence electrons. The second kappa shape index (κ2) is 10.8.